The Morgan fingerprint density at radius 2 is 1.66 bits per heavy atom. The van der Waals surface area contributed by atoms with E-state index in [1.807, 2.05) is 6.07 Å². The number of likely N-dealkylation sites (tertiary alicyclic amines) is 1. The van der Waals surface area contributed by atoms with E-state index in [9.17, 15) is 35.1 Å². The number of piperidine rings is 1. The van der Waals surface area contributed by atoms with E-state index in [-0.39, 0.29) is 25.6 Å². The fourth-order valence-corrected chi connectivity index (χ4v) is 8.49. The van der Waals surface area contributed by atoms with Crippen LogP contribution < -0.4 is 0 Å². The van der Waals surface area contributed by atoms with Gasteiger partial charge in [-0.15, -0.1) is 0 Å². The maximum Gasteiger partial charge on any atom is 0.416 e. The highest BCUT2D eigenvalue weighted by atomic mass is 35.5. The quantitative estimate of drug-likeness (QED) is 0.285. The van der Waals surface area contributed by atoms with E-state index in [2.05, 4.69) is 10.00 Å². The zero-order valence-electron chi connectivity index (χ0n) is 25.8. The Balaban J connectivity index is 1.17. The lowest BCUT2D eigenvalue weighted by atomic mass is 9.89. The molecule has 0 saturated carbocycles. The zero-order valence-corrected chi connectivity index (χ0v) is 28.2. The molecule has 4 aromatic rings. The van der Waals surface area contributed by atoms with Gasteiger partial charge in [0, 0.05) is 59.5 Å². The Bertz CT molecular complexity index is 2020. The number of benzene rings is 2. The molecule has 47 heavy (non-hydrogen) atoms. The fraction of sp³-hybridized carbons (Fsp3) is 0.452. The summed E-state index contributed by atoms with van der Waals surface area (Å²) in [7, 11) is -7.05. The van der Waals surface area contributed by atoms with Crippen molar-refractivity contribution in [2.75, 3.05) is 38.7 Å². The maximum absolute atomic E-state index is 13.2. The molecule has 2 aromatic carbocycles. The van der Waals surface area contributed by atoms with Crippen LogP contribution in [-0.2, 0) is 45.7 Å². The second-order valence-corrected chi connectivity index (χ2v) is 16.7. The molecule has 0 spiro atoms. The Morgan fingerprint density at radius 3 is 2.28 bits per heavy atom. The first-order chi connectivity index (χ1) is 22.0. The van der Waals surface area contributed by atoms with Gasteiger partial charge in [0.05, 0.1) is 41.9 Å². The molecule has 1 atom stereocenters. The van der Waals surface area contributed by atoms with Gasteiger partial charge >= 0.3 is 6.18 Å². The van der Waals surface area contributed by atoms with Crippen molar-refractivity contribution < 1.29 is 35.1 Å². The molecule has 0 bridgehead atoms. The largest absolute Gasteiger partial charge is 0.416 e. The van der Waals surface area contributed by atoms with E-state index < -0.39 is 37.9 Å². The van der Waals surface area contributed by atoms with E-state index in [4.69, 9.17) is 11.6 Å². The van der Waals surface area contributed by atoms with Crippen LogP contribution in [0.2, 0.25) is 5.02 Å². The van der Waals surface area contributed by atoms with Crippen LogP contribution in [0.5, 0.6) is 0 Å². The second-order valence-electron chi connectivity index (χ2n) is 12.4. The van der Waals surface area contributed by atoms with Gasteiger partial charge in [0.15, 0.2) is 0 Å². The summed E-state index contributed by atoms with van der Waals surface area (Å²) in [4.78, 5) is 2.14. The van der Waals surface area contributed by atoms with Crippen molar-refractivity contribution in [3.8, 4) is 11.3 Å². The van der Waals surface area contributed by atoms with Gasteiger partial charge in [-0.1, -0.05) is 29.8 Å². The third-order valence-electron chi connectivity index (χ3n) is 9.06. The number of rotatable bonds is 8. The number of aliphatic hydroxyl groups excluding tert-OH is 1. The average Bonchev–Trinajstić information content (AvgIpc) is 3.55. The molecule has 0 radical (unpaired) electrons. The summed E-state index contributed by atoms with van der Waals surface area (Å²) in [6.07, 6.45) is 0.513. The Morgan fingerprint density at radius 1 is 0.979 bits per heavy atom. The predicted molar refractivity (Wildman–Crippen MR) is 173 cm³/mol. The molecule has 2 aliphatic heterocycles. The topological polar surface area (TPSA) is 118 Å². The summed E-state index contributed by atoms with van der Waals surface area (Å²) in [5, 5.41) is 17.2. The minimum atomic E-state index is -4.49. The number of hydrogen-bond acceptors (Lipinski definition) is 7. The molecular formula is C31H35ClF3N5O5S2. The van der Waals surface area contributed by atoms with Crippen LogP contribution in [0.25, 0.3) is 22.2 Å². The van der Waals surface area contributed by atoms with Crippen LogP contribution >= 0.6 is 11.6 Å². The van der Waals surface area contributed by atoms with Crippen LogP contribution in [0.3, 0.4) is 0 Å². The lowest BCUT2D eigenvalue weighted by molar-refractivity contribution is -0.137. The lowest BCUT2D eigenvalue weighted by Crippen LogP contribution is -2.40. The molecule has 16 heteroatoms. The normalized spacial score (nSPS) is 18.1. The SMILES string of the molecule is CS(=O)(=O)N1CCc2c(c(-c3ccc(C(F)(F)F)cc3)nn2CC(O)CN2CCC(c3cn(S(C)(=O)=O)c4cc(Cl)ccc34)CC2)C1. The van der Waals surface area contributed by atoms with Gasteiger partial charge in [-0.3, -0.25) is 4.68 Å². The van der Waals surface area contributed by atoms with Gasteiger partial charge in [0.2, 0.25) is 20.0 Å². The summed E-state index contributed by atoms with van der Waals surface area (Å²) < 4.78 is 93.4. The number of nitrogens with zero attached hydrogens (tertiary/aromatic N) is 5. The van der Waals surface area contributed by atoms with Crippen molar-refractivity contribution in [2.45, 2.75) is 50.6 Å². The number of aromatic nitrogens is 3. The molecule has 2 aliphatic rings. The Hall–Kier alpha value is -2.95. The highest BCUT2D eigenvalue weighted by molar-refractivity contribution is 7.89. The summed E-state index contributed by atoms with van der Waals surface area (Å²) >= 11 is 6.17. The van der Waals surface area contributed by atoms with Crippen molar-refractivity contribution in [1.29, 1.82) is 0 Å². The number of fused-ring (bicyclic) bond motifs is 2. The molecule has 1 saturated heterocycles. The summed E-state index contributed by atoms with van der Waals surface area (Å²) in [5.74, 6) is 0.122. The van der Waals surface area contributed by atoms with Crippen molar-refractivity contribution in [3.63, 3.8) is 0 Å². The van der Waals surface area contributed by atoms with Crippen LogP contribution in [0.4, 0.5) is 13.2 Å². The molecule has 6 rings (SSSR count). The number of β-amino-alcohol motifs (C(OH)–C–C–N with tert-alkyl or cyclic N) is 1. The van der Waals surface area contributed by atoms with Crippen LogP contribution in [0.1, 0.15) is 41.1 Å². The van der Waals surface area contributed by atoms with E-state index in [0.717, 1.165) is 54.1 Å². The van der Waals surface area contributed by atoms with Gasteiger partial charge in [0.25, 0.3) is 0 Å². The van der Waals surface area contributed by atoms with Crippen LogP contribution in [0.15, 0.2) is 48.7 Å². The predicted octanol–water partition coefficient (Wildman–Crippen LogP) is 4.54. The van der Waals surface area contributed by atoms with Gasteiger partial charge in [-0.25, -0.2) is 20.8 Å². The molecule has 1 fully saturated rings. The first-order valence-corrected chi connectivity index (χ1v) is 19.2. The fourth-order valence-electron chi connectivity index (χ4n) is 6.73. The van der Waals surface area contributed by atoms with E-state index in [1.165, 1.54) is 20.4 Å². The number of aliphatic hydroxyl groups is 1. The number of sulfonamides is 1. The van der Waals surface area contributed by atoms with Crippen molar-refractivity contribution in [2.24, 2.45) is 0 Å². The second kappa shape index (κ2) is 12.5. The third kappa shape index (κ3) is 7.10. The van der Waals surface area contributed by atoms with Crippen molar-refractivity contribution in [3.05, 3.63) is 76.1 Å². The summed E-state index contributed by atoms with van der Waals surface area (Å²) in [5.41, 5.74) is 2.89. The molecular weight excluding hydrogens is 679 g/mol. The highest BCUT2D eigenvalue weighted by Crippen LogP contribution is 2.37. The standard InChI is InChI=1S/C31H35ClF3N5O5S2/c1-46(42,43)38-14-11-28-27(18-38)30(21-3-5-22(6-4-21)31(33,34)35)36-39(28)17-24(41)16-37-12-9-20(10-13-37)26-19-40(47(2,44)45)29-15-23(32)7-8-25(26)29/h3-8,15,19-20,24,41H,9-14,16-18H2,1-2H3. The van der Waals surface area contributed by atoms with E-state index in [0.29, 0.717) is 53.4 Å². The highest BCUT2D eigenvalue weighted by Gasteiger charge is 2.33. The molecule has 254 valence electrons. The first kappa shape index (κ1) is 33.9. The minimum Gasteiger partial charge on any atom is -0.390 e. The monoisotopic (exact) mass is 713 g/mol. The Kier molecular flexibility index (Phi) is 9.02. The van der Waals surface area contributed by atoms with Crippen molar-refractivity contribution in [1.82, 2.24) is 23.0 Å². The summed E-state index contributed by atoms with van der Waals surface area (Å²) in [6.45, 7) is 2.11. The molecule has 10 nitrogen and oxygen atoms in total. The zero-order chi connectivity index (χ0) is 33.9. The van der Waals surface area contributed by atoms with Crippen molar-refractivity contribution >= 4 is 42.6 Å². The van der Waals surface area contributed by atoms with Crippen LogP contribution in [-0.4, -0.2) is 89.7 Å². The summed E-state index contributed by atoms with van der Waals surface area (Å²) in [6, 6.07) is 9.87. The number of hydrogen-bond donors (Lipinski definition) is 1. The van der Waals surface area contributed by atoms with E-state index in [1.54, 1.807) is 23.0 Å². The first-order valence-electron chi connectivity index (χ1n) is 15.1. The Labute approximate surface area is 276 Å². The van der Waals surface area contributed by atoms with Gasteiger partial charge < -0.3 is 10.0 Å². The van der Waals surface area contributed by atoms with Gasteiger partial charge in [-0.2, -0.15) is 22.6 Å². The molecule has 0 aliphatic carbocycles. The number of alkyl halides is 3. The maximum atomic E-state index is 13.2. The van der Waals surface area contributed by atoms with Gasteiger partial charge in [-0.05, 0) is 61.7 Å². The molecule has 1 unspecified atom stereocenters. The lowest BCUT2D eigenvalue weighted by Gasteiger charge is -2.33. The average molecular weight is 714 g/mol. The van der Waals surface area contributed by atoms with E-state index >= 15 is 0 Å². The molecule has 0 amide bonds. The molecule has 1 N–H and O–H groups in total. The smallest absolute Gasteiger partial charge is 0.390 e. The number of halogens is 4. The molecule has 2 aromatic heterocycles. The molecule has 4 heterocycles. The van der Waals surface area contributed by atoms with Crippen LogP contribution in [0, 0.1) is 0 Å². The third-order valence-corrected chi connectivity index (χ3v) is 11.6. The minimum absolute atomic E-state index is 0.0378. The van der Waals surface area contributed by atoms with Gasteiger partial charge in [0.1, 0.15) is 0 Å².